The highest BCUT2D eigenvalue weighted by Crippen LogP contribution is 2.22. The van der Waals surface area contributed by atoms with Gasteiger partial charge in [-0.2, -0.15) is 4.98 Å². The highest BCUT2D eigenvalue weighted by molar-refractivity contribution is 5.80. The van der Waals surface area contributed by atoms with Crippen LogP contribution in [0.5, 0.6) is 0 Å². The lowest BCUT2D eigenvalue weighted by molar-refractivity contribution is 0.325. The molecule has 0 saturated carbocycles. The Morgan fingerprint density at radius 2 is 1.85 bits per heavy atom. The third kappa shape index (κ3) is 2.28. The van der Waals surface area contributed by atoms with Crippen LogP contribution in [0.4, 0.5) is 0 Å². The summed E-state index contributed by atoms with van der Waals surface area (Å²) in [5.41, 5.74) is 7.60. The second kappa shape index (κ2) is 5.02. The van der Waals surface area contributed by atoms with Crippen molar-refractivity contribution in [3.63, 3.8) is 0 Å². The van der Waals surface area contributed by atoms with Gasteiger partial charge in [0.25, 0.3) is 0 Å². The average Bonchev–Trinajstić information content (AvgIpc) is 2.95. The molecule has 0 bridgehead atoms. The topological polar surface area (TPSA) is 77.8 Å². The van der Waals surface area contributed by atoms with Crippen LogP contribution < -0.4 is 5.73 Å². The van der Waals surface area contributed by atoms with Gasteiger partial charge in [-0.1, -0.05) is 43.3 Å². The van der Waals surface area contributed by atoms with Crippen molar-refractivity contribution in [3.8, 4) is 11.5 Å². The SMILES string of the molecule is CC(C)[C@H](N)c1nc(-c2ccc3ccccc3n2)no1. The summed E-state index contributed by atoms with van der Waals surface area (Å²) in [6, 6.07) is 11.5. The van der Waals surface area contributed by atoms with Gasteiger partial charge in [0.05, 0.1) is 11.6 Å². The molecule has 0 unspecified atom stereocenters. The molecule has 102 valence electrons. The minimum Gasteiger partial charge on any atom is -0.337 e. The summed E-state index contributed by atoms with van der Waals surface area (Å²) in [5.74, 6) is 1.17. The number of hydrogen-bond acceptors (Lipinski definition) is 5. The highest BCUT2D eigenvalue weighted by atomic mass is 16.5. The standard InChI is InChI=1S/C15H16N4O/c1-9(2)13(16)15-18-14(19-20-15)12-8-7-10-5-3-4-6-11(10)17-12/h3-9,13H,16H2,1-2H3/t13-/m0/s1. The fourth-order valence-corrected chi connectivity index (χ4v) is 1.95. The Morgan fingerprint density at radius 1 is 1.05 bits per heavy atom. The van der Waals surface area contributed by atoms with Gasteiger partial charge in [-0.3, -0.25) is 0 Å². The van der Waals surface area contributed by atoms with E-state index >= 15 is 0 Å². The Morgan fingerprint density at radius 3 is 2.65 bits per heavy atom. The molecule has 0 fully saturated rings. The van der Waals surface area contributed by atoms with Crippen molar-refractivity contribution in [1.82, 2.24) is 15.1 Å². The lowest BCUT2D eigenvalue weighted by atomic mass is 10.1. The molecule has 5 nitrogen and oxygen atoms in total. The van der Waals surface area contributed by atoms with Gasteiger partial charge in [0.1, 0.15) is 5.69 Å². The second-order valence-corrected chi connectivity index (χ2v) is 5.12. The Kier molecular flexibility index (Phi) is 3.20. The molecule has 5 heteroatoms. The van der Waals surface area contributed by atoms with Crippen molar-refractivity contribution < 1.29 is 4.52 Å². The van der Waals surface area contributed by atoms with E-state index in [0.29, 0.717) is 17.4 Å². The van der Waals surface area contributed by atoms with Gasteiger partial charge in [0.15, 0.2) is 0 Å². The van der Waals surface area contributed by atoms with E-state index in [1.165, 1.54) is 0 Å². The molecule has 1 atom stereocenters. The molecule has 0 aliphatic heterocycles. The summed E-state index contributed by atoms with van der Waals surface area (Å²) < 4.78 is 5.23. The van der Waals surface area contributed by atoms with Crippen LogP contribution in [0.25, 0.3) is 22.4 Å². The molecule has 0 aliphatic rings. The Hall–Kier alpha value is -2.27. The van der Waals surface area contributed by atoms with E-state index in [2.05, 4.69) is 15.1 Å². The summed E-state index contributed by atoms with van der Waals surface area (Å²) in [4.78, 5) is 8.88. The quantitative estimate of drug-likeness (QED) is 0.790. The van der Waals surface area contributed by atoms with Crippen LogP contribution in [0.15, 0.2) is 40.9 Å². The van der Waals surface area contributed by atoms with Gasteiger partial charge < -0.3 is 10.3 Å². The van der Waals surface area contributed by atoms with Crippen molar-refractivity contribution in [2.45, 2.75) is 19.9 Å². The fraction of sp³-hybridized carbons (Fsp3) is 0.267. The smallest absolute Gasteiger partial charge is 0.244 e. The first-order valence-electron chi connectivity index (χ1n) is 6.60. The number of benzene rings is 1. The van der Waals surface area contributed by atoms with E-state index in [9.17, 15) is 0 Å². The molecule has 3 rings (SSSR count). The van der Waals surface area contributed by atoms with Gasteiger partial charge in [0.2, 0.25) is 11.7 Å². The van der Waals surface area contributed by atoms with E-state index in [-0.39, 0.29) is 12.0 Å². The summed E-state index contributed by atoms with van der Waals surface area (Å²) in [6.45, 7) is 4.03. The number of pyridine rings is 1. The lowest BCUT2D eigenvalue weighted by Gasteiger charge is -2.09. The fourth-order valence-electron chi connectivity index (χ4n) is 1.95. The first-order valence-corrected chi connectivity index (χ1v) is 6.60. The molecule has 2 N–H and O–H groups in total. The third-order valence-corrected chi connectivity index (χ3v) is 3.27. The van der Waals surface area contributed by atoms with Crippen LogP contribution in [0.3, 0.4) is 0 Å². The van der Waals surface area contributed by atoms with Crippen molar-refractivity contribution in [1.29, 1.82) is 0 Å². The summed E-state index contributed by atoms with van der Waals surface area (Å²) >= 11 is 0. The molecule has 2 aromatic heterocycles. The molecular formula is C15H16N4O. The maximum absolute atomic E-state index is 6.00. The molecular weight excluding hydrogens is 252 g/mol. The zero-order chi connectivity index (χ0) is 14.1. The van der Waals surface area contributed by atoms with E-state index < -0.39 is 0 Å². The predicted octanol–water partition coefficient (Wildman–Crippen LogP) is 2.94. The second-order valence-electron chi connectivity index (χ2n) is 5.12. The molecule has 2 heterocycles. The van der Waals surface area contributed by atoms with Crippen LogP contribution in [0.1, 0.15) is 25.8 Å². The summed E-state index contributed by atoms with van der Waals surface area (Å²) in [6.07, 6.45) is 0. The van der Waals surface area contributed by atoms with Crippen LogP contribution in [0.2, 0.25) is 0 Å². The molecule has 20 heavy (non-hydrogen) atoms. The average molecular weight is 268 g/mol. The van der Waals surface area contributed by atoms with Crippen LogP contribution in [-0.2, 0) is 0 Å². The van der Waals surface area contributed by atoms with Crippen molar-refractivity contribution in [2.75, 3.05) is 0 Å². The van der Waals surface area contributed by atoms with Crippen LogP contribution >= 0.6 is 0 Å². The Balaban J connectivity index is 1.99. The molecule has 3 aromatic rings. The number of nitrogens with zero attached hydrogens (tertiary/aromatic N) is 3. The van der Waals surface area contributed by atoms with Crippen LogP contribution in [-0.4, -0.2) is 15.1 Å². The number of fused-ring (bicyclic) bond motifs is 1. The minimum absolute atomic E-state index is 0.243. The summed E-state index contributed by atoms with van der Waals surface area (Å²) in [7, 11) is 0. The van der Waals surface area contributed by atoms with Gasteiger partial charge >= 0.3 is 0 Å². The minimum atomic E-state index is -0.253. The molecule has 0 aliphatic carbocycles. The largest absolute Gasteiger partial charge is 0.337 e. The maximum Gasteiger partial charge on any atom is 0.244 e. The lowest BCUT2D eigenvalue weighted by Crippen LogP contribution is -2.16. The van der Waals surface area contributed by atoms with Crippen LogP contribution in [0, 0.1) is 5.92 Å². The molecule has 0 radical (unpaired) electrons. The van der Waals surface area contributed by atoms with Crippen molar-refractivity contribution in [2.24, 2.45) is 11.7 Å². The van der Waals surface area contributed by atoms with Crippen molar-refractivity contribution in [3.05, 3.63) is 42.3 Å². The maximum atomic E-state index is 6.00. The predicted molar refractivity (Wildman–Crippen MR) is 76.8 cm³/mol. The van der Waals surface area contributed by atoms with E-state index in [1.807, 2.05) is 50.2 Å². The van der Waals surface area contributed by atoms with E-state index in [1.54, 1.807) is 0 Å². The molecule has 0 amide bonds. The first-order chi connectivity index (χ1) is 9.65. The van der Waals surface area contributed by atoms with E-state index in [4.69, 9.17) is 10.3 Å². The molecule has 0 saturated heterocycles. The van der Waals surface area contributed by atoms with Gasteiger partial charge in [-0.05, 0) is 18.1 Å². The molecule has 0 spiro atoms. The number of para-hydroxylation sites is 1. The van der Waals surface area contributed by atoms with Crippen molar-refractivity contribution >= 4 is 10.9 Å². The zero-order valence-electron chi connectivity index (χ0n) is 11.4. The summed E-state index contributed by atoms with van der Waals surface area (Å²) in [5, 5.41) is 5.05. The zero-order valence-corrected chi connectivity index (χ0v) is 11.4. The number of aromatic nitrogens is 3. The number of hydrogen-bond donors (Lipinski definition) is 1. The van der Waals surface area contributed by atoms with Gasteiger partial charge in [-0.25, -0.2) is 4.98 Å². The number of rotatable bonds is 3. The molecule has 1 aromatic carbocycles. The van der Waals surface area contributed by atoms with E-state index in [0.717, 1.165) is 10.9 Å². The number of nitrogens with two attached hydrogens (primary N) is 1. The third-order valence-electron chi connectivity index (χ3n) is 3.27. The van der Waals surface area contributed by atoms with Gasteiger partial charge in [0, 0.05) is 5.39 Å². The normalized spacial score (nSPS) is 13.0. The Labute approximate surface area is 116 Å². The highest BCUT2D eigenvalue weighted by Gasteiger charge is 2.19. The Bertz CT molecular complexity index is 735. The van der Waals surface area contributed by atoms with Gasteiger partial charge in [-0.15, -0.1) is 0 Å². The monoisotopic (exact) mass is 268 g/mol. The first kappa shape index (κ1) is 12.7.